The summed E-state index contributed by atoms with van der Waals surface area (Å²) in [5, 5.41) is 0. The Morgan fingerprint density at radius 1 is 0.800 bits per heavy atom. The van der Waals surface area contributed by atoms with Crippen LogP contribution in [-0.2, 0) is 12.6 Å². The molecule has 30 heavy (non-hydrogen) atoms. The van der Waals surface area contributed by atoms with Gasteiger partial charge in [0.2, 0.25) is 0 Å². The standard InChI is InChI=1S/C26H32F3N/c1-2-30-15-13-20(14-16-30)18-24-8-7-23(24)17-19-3-5-21(6-4-19)22-9-11-25(12-10-22)26(27,28)29/h3-6,9-12,20,23-24H,2,7-8,13-18H2,1H3. The highest BCUT2D eigenvalue weighted by molar-refractivity contribution is 5.64. The Morgan fingerprint density at radius 3 is 1.87 bits per heavy atom. The van der Waals surface area contributed by atoms with Crippen LogP contribution in [0.15, 0.2) is 48.5 Å². The van der Waals surface area contributed by atoms with Gasteiger partial charge in [-0.3, -0.25) is 0 Å². The lowest BCUT2D eigenvalue weighted by atomic mass is 9.66. The molecule has 1 saturated carbocycles. The van der Waals surface area contributed by atoms with Crippen LogP contribution < -0.4 is 0 Å². The average molecular weight is 416 g/mol. The molecule has 1 aliphatic carbocycles. The van der Waals surface area contributed by atoms with E-state index in [1.165, 1.54) is 57.3 Å². The molecule has 0 aromatic heterocycles. The number of alkyl halides is 3. The van der Waals surface area contributed by atoms with E-state index in [0.29, 0.717) is 0 Å². The normalized spacial score (nSPS) is 23.3. The van der Waals surface area contributed by atoms with Crippen LogP contribution in [0, 0.1) is 17.8 Å². The van der Waals surface area contributed by atoms with Crippen molar-refractivity contribution >= 4 is 0 Å². The second kappa shape index (κ2) is 9.13. The number of nitrogens with zero attached hydrogens (tertiary/aromatic N) is 1. The molecule has 4 heteroatoms. The van der Waals surface area contributed by atoms with Crippen molar-refractivity contribution in [2.45, 2.75) is 51.6 Å². The fraction of sp³-hybridized carbons (Fsp3) is 0.538. The van der Waals surface area contributed by atoms with Gasteiger partial charge in [-0.25, -0.2) is 0 Å². The van der Waals surface area contributed by atoms with Crippen molar-refractivity contribution in [3.63, 3.8) is 0 Å². The molecule has 2 unspecified atom stereocenters. The third kappa shape index (κ3) is 5.08. The van der Waals surface area contributed by atoms with Gasteiger partial charge in [-0.05, 0) is 105 Å². The van der Waals surface area contributed by atoms with Crippen molar-refractivity contribution < 1.29 is 13.2 Å². The van der Waals surface area contributed by atoms with Crippen LogP contribution in [0.5, 0.6) is 0 Å². The van der Waals surface area contributed by atoms with Gasteiger partial charge in [-0.15, -0.1) is 0 Å². The van der Waals surface area contributed by atoms with E-state index in [9.17, 15) is 13.2 Å². The monoisotopic (exact) mass is 415 g/mol. The third-order valence-corrected chi connectivity index (χ3v) is 7.36. The first-order valence-electron chi connectivity index (χ1n) is 11.4. The zero-order valence-electron chi connectivity index (χ0n) is 17.8. The fourth-order valence-electron chi connectivity index (χ4n) is 5.17. The number of piperidine rings is 1. The molecule has 4 rings (SSSR count). The Bertz CT molecular complexity index is 802. The molecule has 2 atom stereocenters. The van der Waals surface area contributed by atoms with Crippen molar-refractivity contribution in [1.82, 2.24) is 4.90 Å². The first-order chi connectivity index (χ1) is 14.4. The maximum absolute atomic E-state index is 12.7. The summed E-state index contributed by atoms with van der Waals surface area (Å²) >= 11 is 0. The van der Waals surface area contributed by atoms with E-state index in [1.807, 2.05) is 12.1 Å². The molecule has 0 bridgehead atoms. The Labute approximate surface area is 178 Å². The molecule has 0 spiro atoms. The lowest BCUT2D eigenvalue weighted by molar-refractivity contribution is -0.137. The van der Waals surface area contributed by atoms with E-state index >= 15 is 0 Å². The van der Waals surface area contributed by atoms with Gasteiger partial charge in [-0.2, -0.15) is 13.2 Å². The number of hydrogen-bond acceptors (Lipinski definition) is 1. The molecule has 1 nitrogen and oxygen atoms in total. The minimum Gasteiger partial charge on any atom is -0.304 e. The molecule has 0 N–H and O–H groups in total. The predicted molar refractivity (Wildman–Crippen MR) is 116 cm³/mol. The topological polar surface area (TPSA) is 3.24 Å². The number of hydrogen-bond donors (Lipinski definition) is 0. The van der Waals surface area contributed by atoms with Crippen LogP contribution in [0.4, 0.5) is 13.2 Å². The molecule has 162 valence electrons. The van der Waals surface area contributed by atoms with Crippen molar-refractivity contribution in [3.8, 4) is 11.1 Å². The highest BCUT2D eigenvalue weighted by atomic mass is 19.4. The van der Waals surface area contributed by atoms with E-state index < -0.39 is 11.7 Å². The minimum absolute atomic E-state index is 0.598. The van der Waals surface area contributed by atoms with Crippen LogP contribution in [0.25, 0.3) is 11.1 Å². The molecule has 2 aromatic carbocycles. The maximum atomic E-state index is 12.7. The molecular formula is C26H32F3N. The molecule has 1 saturated heterocycles. The summed E-state index contributed by atoms with van der Waals surface area (Å²) in [5.74, 6) is 2.58. The number of halogens is 3. The smallest absolute Gasteiger partial charge is 0.304 e. The largest absolute Gasteiger partial charge is 0.416 e. The van der Waals surface area contributed by atoms with Crippen molar-refractivity contribution in [1.29, 1.82) is 0 Å². The second-order valence-corrected chi connectivity index (χ2v) is 9.19. The second-order valence-electron chi connectivity index (χ2n) is 9.19. The highest BCUT2D eigenvalue weighted by Crippen LogP contribution is 2.42. The molecule has 1 heterocycles. The zero-order valence-corrected chi connectivity index (χ0v) is 17.8. The molecule has 0 amide bonds. The van der Waals surface area contributed by atoms with E-state index in [-0.39, 0.29) is 0 Å². The molecule has 2 aliphatic rings. The third-order valence-electron chi connectivity index (χ3n) is 7.36. The van der Waals surface area contributed by atoms with Gasteiger partial charge < -0.3 is 4.90 Å². The fourth-order valence-corrected chi connectivity index (χ4v) is 5.17. The summed E-state index contributed by atoms with van der Waals surface area (Å²) in [6, 6.07) is 13.8. The van der Waals surface area contributed by atoms with Crippen LogP contribution in [0.3, 0.4) is 0 Å². The van der Waals surface area contributed by atoms with Gasteiger partial charge >= 0.3 is 6.18 Å². The van der Waals surface area contributed by atoms with Gasteiger partial charge in [0, 0.05) is 0 Å². The lowest BCUT2D eigenvalue weighted by Gasteiger charge is -2.41. The average Bonchev–Trinajstić information content (AvgIpc) is 2.75. The Morgan fingerprint density at radius 2 is 1.37 bits per heavy atom. The first kappa shape index (κ1) is 21.4. The van der Waals surface area contributed by atoms with Crippen molar-refractivity contribution in [2.75, 3.05) is 19.6 Å². The number of benzene rings is 2. The van der Waals surface area contributed by atoms with Crippen molar-refractivity contribution in [3.05, 3.63) is 59.7 Å². The Kier molecular flexibility index (Phi) is 6.52. The maximum Gasteiger partial charge on any atom is 0.416 e. The summed E-state index contributed by atoms with van der Waals surface area (Å²) in [6.45, 7) is 5.97. The number of likely N-dealkylation sites (tertiary alicyclic amines) is 1. The first-order valence-corrected chi connectivity index (χ1v) is 11.4. The van der Waals surface area contributed by atoms with Gasteiger partial charge in [0.15, 0.2) is 0 Å². The molecule has 2 aromatic rings. The van der Waals surface area contributed by atoms with Crippen LogP contribution in [-0.4, -0.2) is 24.5 Å². The van der Waals surface area contributed by atoms with Gasteiger partial charge in [0.05, 0.1) is 5.56 Å². The van der Waals surface area contributed by atoms with E-state index in [1.54, 1.807) is 12.1 Å². The molecule has 1 aliphatic heterocycles. The quantitative estimate of drug-likeness (QED) is 0.488. The number of rotatable bonds is 6. The SMILES string of the molecule is CCN1CCC(CC2CCC2Cc2ccc(-c3ccc(C(F)(F)F)cc3)cc2)CC1. The summed E-state index contributed by atoms with van der Waals surface area (Å²) in [6.07, 6.45) is 3.67. The van der Waals surface area contributed by atoms with Crippen molar-refractivity contribution in [2.24, 2.45) is 17.8 Å². The minimum atomic E-state index is -4.28. The van der Waals surface area contributed by atoms with Crippen LogP contribution >= 0.6 is 0 Å². The predicted octanol–water partition coefficient (Wildman–Crippen LogP) is 7.06. The zero-order chi connectivity index (χ0) is 21.1. The Hall–Kier alpha value is -1.81. The molecular weight excluding hydrogens is 383 g/mol. The summed E-state index contributed by atoms with van der Waals surface area (Å²) in [7, 11) is 0. The summed E-state index contributed by atoms with van der Waals surface area (Å²) in [4.78, 5) is 2.56. The summed E-state index contributed by atoms with van der Waals surface area (Å²) < 4.78 is 38.2. The van der Waals surface area contributed by atoms with Crippen LogP contribution in [0.1, 0.15) is 50.2 Å². The van der Waals surface area contributed by atoms with E-state index in [4.69, 9.17) is 0 Å². The van der Waals surface area contributed by atoms with Gasteiger partial charge in [0.25, 0.3) is 0 Å². The van der Waals surface area contributed by atoms with E-state index in [2.05, 4.69) is 24.0 Å². The Balaban J connectivity index is 1.30. The van der Waals surface area contributed by atoms with Gasteiger partial charge in [0.1, 0.15) is 0 Å². The molecule has 2 fully saturated rings. The molecule has 0 radical (unpaired) electrons. The van der Waals surface area contributed by atoms with E-state index in [0.717, 1.165) is 47.4 Å². The van der Waals surface area contributed by atoms with Crippen LogP contribution in [0.2, 0.25) is 0 Å². The lowest BCUT2D eigenvalue weighted by Crippen LogP contribution is -2.36. The van der Waals surface area contributed by atoms with Gasteiger partial charge in [-0.1, -0.05) is 43.3 Å². The summed E-state index contributed by atoms with van der Waals surface area (Å²) in [5.41, 5.74) is 2.55. The highest BCUT2D eigenvalue weighted by Gasteiger charge is 2.33.